The lowest BCUT2D eigenvalue weighted by Gasteiger charge is -2.07. The van der Waals surface area contributed by atoms with Crippen molar-refractivity contribution < 1.29 is 25.6 Å². The van der Waals surface area contributed by atoms with Gasteiger partial charge in [-0.05, 0) is 74.5 Å². The van der Waals surface area contributed by atoms with E-state index in [4.69, 9.17) is 8.74 Å². The predicted octanol–water partition coefficient (Wildman–Crippen LogP) is 4.21. The van der Waals surface area contributed by atoms with Crippen molar-refractivity contribution in [2.24, 2.45) is 10.2 Å². The van der Waals surface area contributed by atoms with Gasteiger partial charge in [0.15, 0.2) is 5.69 Å². The molecule has 0 amide bonds. The number of aryl methyl sites for hydroxylation is 2. The summed E-state index contributed by atoms with van der Waals surface area (Å²) in [4.78, 5) is 12.5. The van der Waals surface area contributed by atoms with Crippen molar-refractivity contribution in [3.05, 3.63) is 94.4 Å². The van der Waals surface area contributed by atoms with Crippen LogP contribution in [-0.4, -0.2) is 31.2 Å². The third kappa shape index (κ3) is 5.43. The number of azo groups is 1. The molecule has 0 unspecified atom stereocenters. The topological polar surface area (TPSA) is 160 Å². The summed E-state index contributed by atoms with van der Waals surface area (Å²) >= 11 is 0. The van der Waals surface area contributed by atoms with Crippen LogP contribution in [0.2, 0.25) is 0 Å². The van der Waals surface area contributed by atoms with Gasteiger partial charge in [0.25, 0.3) is 15.7 Å². The molecule has 11 nitrogen and oxygen atoms in total. The number of benzene rings is 3. The quantitative estimate of drug-likeness (QED) is 0.206. The van der Waals surface area contributed by atoms with Crippen molar-refractivity contribution in [1.82, 2.24) is 9.78 Å². The molecule has 13 heteroatoms. The number of rotatable bonds is 7. The Bertz CT molecular complexity index is 1700. The molecule has 0 aliphatic heterocycles. The zero-order chi connectivity index (χ0) is 26.1. The van der Waals surface area contributed by atoms with E-state index in [-0.39, 0.29) is 21.2 Å². The van der Waals surface area contributed by atoms with Gasteiger partial charge in [0.1, 0.15) is 10.6 Å². The van der Waals surface area contributed by atoms with Crippen LogP contribution in [-0.2, 0) is 20.2 Å². The molecule has 1 aromatic heterocycles. The molecule has 4 aromatic rings. The summed E-state index contributed by atoms with van der Waals surface area (Å²) in [6.45, 7) is 3.46. The van der Waals surface area contributed by atoms with Gasteiger partial charge in [0.05, 0.1) is 22.0 Å². The van der Waals surface area contributed by atoms with Crippen LogP contribution in [0.1, 0.15) is 11.3 Å². The third-order valence-electron chi connectivity index (χ3n) is 5.05. The van der Waals surface area contributed by atoms with Crippen molar-refractivity contribution >= 4 is 31.6 Å². The lowest BCUT2D eigenvalue weighted by atomic mass is 10.2. The van der Waals surface area contributed by atoms with Crippen LogP contribution < -0.4 is 9.74 Å². The summed E-state index contributed by atoms with van der Waals surface area (Å²) in [6, 6.07) is 17.1. The molecule has 2 N–H and O–H groups in total. The minimum atomic E-state index is -4.36. The predicted molar refractivity (Wildman–Crippen MR) is 131 cm³/mol. The minimum absolute atomic E-state index is 0.0242. The number of aromatic amines is 1. The summed E-state index contributed by atoms with van der Waals surface area (Å²) in [6.07, 6.45) is 0. The first-order valence-electron chi connectivity index (χ1n) is 10.4. The van der Waals surface area contributed by atoms with Gasteiger partial charge in [-0.15, -0.1) is 5.11 Å². The molecular formula is C23H20N4O7S2. The van der Waals surface area contributed by atoms with Gasteiger partial charge in [0, 0.05) is 0 Å². The smallest absolute Gasteiger partial charge is 0.339 e. The SMILES string of the molecule is Cc1ccc(S(=O)(=O)Oc2ccc(N=Nc3c(C)[nH]n(-c4ccc(S(=O)(=O)O)cc4)c3=O)cc2)cc1. The van der Waals surface area contributed by atoms with Crippen LogP contribution >= 0.6 is 0 Å². The Hall–Kier alpha value is -4.07. The number of nitrogens with one attached hydrogen (secondary N) is 1. The van der Waals surface area contributed by atoms with E-state index >= 15 is 0 Å². The van der Waals surface area contributed by atoms with Crippen LogP contribution in [0.3, 0.4) is 0 Å². The Balaban J connectivity index is 1.52. The molecule has 0 aliphatic rings. The Morgan fingerprint density at radius 1 is 0.806 bits per heavy atom. The highest BCUT2D eigenvalue weighted by molar-refractivity contribution is 7.87. The lowest BCUT2D eigenvalue weighted by Crippen LogP contribution is -2.14. The van der Waals surface area contributed by atoms with Crippen molar-refractivity contribution in [3.63, 3.8) is 0 Å². The average molecular weight is 529 g/mol. The largest absolute Gasteiger partial charge is 0.379 e. The molecule has 3 aromatic carbocycles. The van der Waals surface area contributed by atoms with Crippen molar-refractivity contribution in [2.75, 3.05) is 0 Å². The number of hydrogen-bond donors (Lipinski definition) is 2. The van der Waals surface area contributed by atoms with E-state index in [0.29, 0.717) is 17.1 Å². The monoisotopic (exact) mass is 528 g/mol. The molecule has 0 spiro atoms. The maximum absolute atomic E-state index is 12.8. The molecule has 186 valence electrons. The van der Waals surface area contributed by atoms with E-state index in [9.17, 15) is 21.6 Å². The van der Waals surface area contributed by atoms with E-state index in [1.54, 1.807) is 19.1 Å². The Morgan fingerprint density at radius 2 is 1.39 bits per heavy atom. The standard InChI is InChI=1S/C23H20N4O7S2/c1-15-3-11-21(12-4-15)36(32,33)34-19-9-5-17(6-10-19)24-25-22-16(2)26-27(23(22)28)18-7-13-20(14-8-18)35(29,30)31/h3-14,26H,1-2H3,(H,29,30,31). The van der Waals surface area contributed by atoms with Crippen molar-refractivity contribution in [2.45, 2.75) is 23.6 Å². The molecule has 0 saturated carbocycles. The molecule has 0 radical (unpaired) electrons. The van der Waals surface area contributed by atoms with Gasteiger partial charge in [-0.1, -0.05) is 17.7 Å². The second-order valence-corrected chi connectivity index (χ2v) is 10.7. The zero-order valence-electron chi connectivity index (χ0n) is 19.0. The molecule has 0 atom stereocenters. The maximum Gasteiger partial charge on any atom is 0.339 e. The summed E-state index contributed by atoms with van der Waals surface area (Å²) in [5, 5.41) is 10.9. The number of nitrogens with zero attached hydrogens (tertiary/aromatic N) is 3. The molecule has 0 aliphatic carbocycles. The highest BCUT2D eigenvalue weighted by atomic mass is 32.2. The molecule has 4 rings (SSSR count). The fourth-order valence-corrected chi connectivity index (χ4v) is 4.57. The van der Waals surface area contributed by atoms with Crippen LogP contribution in [0, 0.1) is 13.8 Å². The first kappa shape index (κ1) is 25.0. The van der Waals surface area contributed by atoms with E-state index in [0.717, 1.165) is 22.4 Å². The molecule has 0 fully saturated rings. The average Bonchev–Trinajstić information content (AvgIpc) is 3.11. The first-order chi connectivity index (χ1) is 16.9. The summed E-state index contributed by atoms with van der Waals surface area (Å²) < 4.78 is 62.7. The Labute approximate surface area is 206 Å². The third-order valence-corrected chi connectivity index (χ3v) is 7.18. The van der Waals surface area contributed by atoms with Crippen LogP contribution in [0.25, 0.3) is 5.69 Å². The second kappa shape index (κ2) is 9.53. The van der Waals surface area contributed by atoms with Crippen molar-refractivity contribution in [3.8, 4) is 11.4 Å². The van der Waals surface area contributed by atoms with Gasteiger partial charge in [-0.25, -0.2) is 4.68 Å². The minimum Gasteiger partial charge on any atom is -0.379 e. The first-order valence-corrected chi connectivity index (χ1v) is 13.2. The highest BCUT2D eigenvalue weighted by Crippen LogP contribution is 2.24. The summed E-state index contributed by atoms with van der Waals surface area (Å²) in [5.74, 6) is 0.0862. The lowest BCUT2D eigenvalue weighted by molar-refractivity contribution is 0.482. The molecule has 0 bridgehead atoms. The Morgan fingerprint density at radius 3 is 1.97 bits per heavy atom. The molecule has 0 saturated heterocycles. The molecule has 36 heavy (non-hydrogen) atoms. The Kier molecular flexibility index (Phi) is 6.63. The van der Waals surface area contributed by atoms with Gasteiger partial charge in [-0.2, -0.15) is 21.9 Å². The van der Waals surface area contributed by atoms with Crippen molar-refractivity contribution in [1.29, 1.82) is 0 Å². The summed E-state index contributed by atoms with van der Waals surface area (Å²) in [7, 11) is -8.35. The fraction of sp³-hybridized carbons (Fsp3) is 0.0870. The maximum atomic E-state index is 12.8. The normalized spacial score (nSPS) is 12.2. The number of hydrogen-bond acceptors (Lipinski definition) is 8. The van der Waals surface area contributed by atoms with Gasteiger partial charge in [-0.3, -0.25) is 14.4 Å². The molecule has 1 heterocycles. The van der Waals surface area contributed by atoms with E-state index < -0.39 is 25.8 Å². The van der Waals surface area contributed by atoms with Gasteiger partial charge in [0.2, 0.25) is 0 Å². The highest BCUT2D eigenvalue weighted by Gasteiger charge is 2.17. The number of H-pyrrole nitrogens is 1. The van der Waals surface area contributed by atoms with Gasteiger partial charge < -0.3 is 4.18 Å². The van der Waals surface area contributed by atoms with E-state index in [1.165, 1.54) is 48.5 Å². The van der Waals surface area contributed by atoms with E-state index in [2.05, 4.69) is 15.3 Å². The summed E-state index contributed by atoms with van der Waals surface area (Å²) in [5.41, 5.74) is 1.50. The second-order valence-electron chi connectivity index (χ2n) is 7.74. The zero-order valence-corrected chi connectivity index (χ0v) is 20.6. The van der Waals surface area contributed by atoms with Crippen LogP contribution in [0.4, 0.5) is 11.4 Å². The fourth-order valence-electron chi connectivity index (χ4n) is 3.16. The van der Waals surface area contributed by atoms with E-state index in [1.807, 2.05) is 6.92 Å². The van der Waals surface area contributed by atoms with Crippen LogP contribution in [0.15, 0.2) is 97.6 Å². The number of aromatic nitrogens is 2. The van der Waals surface area contributed by atoms with Crippen LogP contribution in [0.5, 0.6) is 5.75 Å². The van der Waals surface area contributed by atoms with Gasteiger partial charge >= 0.3 is 10.1 Å². The molecular weight excluding hydrogens is 508 g/mol.